The molecule has 2 aromatic rings. The van der Waals surface area contributed by atoms with Crippen molar-refractivity contribution in [3.63, 3.8) is 0 Å². The van der Waals surface area contributed by atoms with Crippen molar-refractivity contribution < 1.29 is 9.23 Å². The number of halogens is 1. The SMILES string of the molecule is CSc1nnc(C)c(C/C=N/OCc2cccc(F)c2)n1. The van der Waals surface area contributed by atoms with Crippen LogP contribution in [0.1, 0.15) is 17.0 Å². The van der Waals surface area contributed by atoms with Crippen LogP contribution < -0.4 is 0 Å². The molecule has 0 bridgehead atoms. The van der Waals surface area contributed by atoms with E-state index in [-0.39, 0.29) is 12.4 Å². The topological polar surface area (TPSA) is 60.3 Å². The maximum atomic E-state index is 13.0. The number of benzene rings is 1. The summed E-state index contributed by atoms with van der Waals surface area (Å²) in [6, 6.07) is 6.22. The standard InChI is InChI=1S/C14H15FN4OS/c1-10-13(17-14(21-2)19-18-10)6-7-16-20-9-11-4-3-5-12(15)8-11/h3-5,7-8H,6,9H2,1-2H3/b16-7+. The van der Waals surface area contributed by atoms with E-state index in [2.05, 4.69) is 20.3 Å². The predicted molar refractivity (Wildman–Crippen MR) is 79.7 cm³/mol. The van der Waals surface area contributed by atoms with Gasteiger partial charge in [-0.3, -0.25) is 0 Å². The first kappa shape index (κ1) is 15.4. The Morgan fingerprint density at radius 2 is 2.24 bits per heavy atom. The molecule has 1 heterocycles. The van der Waals surface area contributed by atoms with E-state index in [1.165, 1.54) is 23.9 Å². The second-order valence-electron chi connectivity index (χ2n) is 4.23. The van der Waals surface area contributed by atoms with Crippen LogP contribution in [0.5, 0.6) is 0 Å². The van der Waals surface area contributed by atoms with E-state index in [0.717, 1.165) is 17.0 Å². The number of hydrogen-bond acceptors (Lipinski definition) is 6. The first-order valence-electron chi connectivity index (χ1n) is 6.31. The Hall–Kier alpha value is -2.02. The van der Waals surface area contributed by atoms with E-state index in [0.29, 0.717) is 11.6 Å². The molecule has 7 heteroatoms. The van der Waals surface area contributed by atoms with E-state index in [1.54, 1.807) is 18.3 Å². The van der Waals surface area contributed by atoms with Gasteiger partial charge in [-0.25, -0.2) is 9.37 Å². The van der Waals surface area contributed by atoms with Gasteiger partial charge in [0.25, 0.3) is 0 Å². The van der Waals surface area contributed by atoms with Crippen LogP contribution in [-0.2, 0) is 17.9 Å². The molecule has 21 heavy (non-hydrogen) atoms. The van der Waals surface area contributed by atoms with Gasteiger partial charge in [0, 0.05) is 12.6 Å². The number of hydrogen-bond donors (Lipinski definition) is 0. The van der Waals surface area contributed by atoms with Gasteiger partial charge in [-0.2, -0.15) is 5.10 Å². The average Bonchev–Trinajstić information content (AvgIpc) is 2.49. The molecule has 0 aliphatic carbocycles. The third-order valence-corrected chi connectivity index (χ3v) is 3.21. The van der Waals surface area contributed by atoms with Gasteiger partial charge in [0.1, 0.15) is 12.4 Å². The van der Waals surface area contributed by atoms with E-state index >= 15 is 0 Å². The fourth-order valence-corrected chi connectivity index (χ4v) is 1.91. The Labute approximate surface area is 126 Å². The van der Waals surface area contributed by atoms with Gasteiger partial charge in [0.2, 0.25) is 5.16 Å². The lowest BCUT2D eigenvalue weighted by Crippen LogP contribution is -2.02. The smallest absolute Gasteiger partial charge is 0.209 e. The maximum Gasteiger partial charge on any atom is 0.209 e. The van der Waals surface area contributed by atoms with Crippen LogP contribution in [0, 0.1) is 12.7 Å². The van der Waals surface area contributed by atoms with Crippen LogP contribution in [0.3, 0.4) is 0 Å². The second kappa shape index (κ2) is 7.68. The molecule has 2 rings (SSSR count). The largest absolute Gasteiger partial charge is 0.391 e. The Morgan fingerprint density at radius 1 is 1.38 bits per heavy atom. The zero-order valence-corrected chi connectivity index (χ0v) is 12.6. The molecular weight excluding hydrogens is 291 g/mol. The minimum Gasteiger partial charge on any atom is -0.391 e. The summed E-state index contributed by atoms with van der Waals surface area (Å²) in [6.07, 6.45) is 4.02. The van der Waals surface area contributed by atoms with Crippen LogP contribution in [-0.4, -0.2) is 27.7 Å². The van der Waals surface area contributed by atoms with Crippen LogP contribution >= 0.6 is 11.8 Å². The Kier molecular flexibility index (Phi) is 5.62. The molecule has 110 valence electrons. The lowest BCUT2D eigenvalue weighted by molar-refractivity contribution is 0.131. The first-order chi connectivity index (χ1) is 10.2. The van der Waals surface area contributed by atoms with Gasteiger partial charge in [-0.1, -0.05) is 29.1 Å². The zero-order valence-electron chi connectivity index (χ0n) is 11.8. The summed E-state index contributed by atoms with van der Waals surface area (Å²) >= 11 is 1.44. The first-order valence-corrected chi connectivity index (χ1v) is 7.54. The summed E-state index contributed by atoms with van der Waals surface area (Å²) in [4.78, 5) is 9.48. The quantitative estimate of drug-likeness (QED) is 0.466. The van der Waals surface area contributed by atoms with Crippen LogP contribution in [0.25, 0.3) is 0 Å². The molecular formula is C14H15FN4OS. The van der Waals surface area contributed by atoms with Crippen LogP contribution in [0.4, 0.5) is 4.39 Å². The fourth-order valence-electron chi connectivity index (χ4n) is 1.59. The number of thioether (sulfide) groups is 1. The fraction of sp³-hybridized carbons (Fsp3) is 0.286. The normalized spacial score (nSPS) is 11.0. The molecule has 0 N–H and O–H groups in total. The highest BCUT2D eigenvalue weighted by atomic mass is 32.2. The minimum atomic E-state index is -0.285. The molecule has 0 radical (unpaired) electrons. The Morgan fingerprint density at radius 3 is 3.00 bits per heavy atom. The molecule has 0 unspecified atom stereocenters. The van der Waals surface area contributed by atoms with Crippen molar-refractivity contribution in [2.75, 3.05) is 6.26 Å². The number of oxime groups is 1. The summed E-state index contributed by atoms with van der Waals surface area (Å²) in [6.45, 7) is 2.08. The molecule has 5 nitrogen and oxygen atoms in total. The third kappa shape index (κ3) is 4.78. The highest BCUT2D eigenvalue weighted by Gasteiger charge is 2.03. The van der Waals surface area contributed by atoms with Gasteiger partial charge >= 0.3 is 0 Å². The van der Waals surface area contributed by atoms with Crippen molar-refractivity contribution >= 4 is 18.0 Å². The molecule has 0 saturated carbocycles. The third-order valence-electron chi connectivity index (χ3n) is 2.67. The van der Waals surface area contributed by atoms with Gasteiger partial charge in [0.15, 0.2) is 0 Å². The van der Waals surface area contributed by atoms with Crippen molar-refractivity contribution in [1.29, 1.82) is 0 Å². The highest BCUT2D eigenvalue weighted by molar-refractivity contribution is 7.98. The van der Waals surface area contributed by atoms with Crippen LogP contribution in [0.15, 0.2) is 34.6 Å². The van der Waals surface area contributed by atoms with Crippen molar-refractivity contribution in [3.05, 3.63) is 47.0 Å². The van der Waals surface area contributed by atoms with Gasteiger partial charge in [-0.15, -0.1) is 5.10 Å². The Bertz CT molecular complexity index is 636. The molecule has 1 aromatic heterocycles. The molecule has 0 aliphatic heterocycles. The number of rotatable bonds is 6. The summed E-state index contributed by atoms with van der Waals surface area (Å²) in [5, 5.41) is 12.4. The van der Waals surface area contributed by atoms with E-state index in [4.69, 9.17) is 4.84 Å². The molecule has 0 atom stereocenters. The lowest BCUT2D eigenvalue weighted by atomic mass is 10.2. The monoisotopic (exact) mass is 306 g/mol. The summed E-state index contributed by atoms with van der Waals surface area (Å²) < 4.78 is 13.0. The molecule has 0 spiro atoms. The van der Waals surface area contributed by atoms with Crippen molar-refractivity contribution in [2.24, 2.45) is 5.16 Å². The average molecular weight is 306 g/mol. The predicted octanol–water partition coefficient (Wildman–Crippen LogP) is 2.79. The van der Waals surface area contributed by atoms with Crippen LogP contribution in [0.2, 0.25) is 0 Å². The molecule has 0 amide bonds. The summed E-state index contributed by atoms with van der Waals surface area (Å²) in [5.74, 6) is -0.285. The number of aryl methyl sites for hydroxylation is 1. The van der Waals surface area contributed by atoms with Crippen molar-refractivity contribution in [1.82, 2.24) is 15.2 Å². The number of nitrogens with zero attached hydrogens (tertiary/aromatic N) is 4. The van der Waals surface area contributed by atoms with Gasteiger partial charge < -0.3 is 4.84 Å². The van der Waals surface area contributed by atoms with Crippen molar-refractivity contribution in [2.45, 2.75) is 25.1 Å². The van der Waals surface area contributed by atoms with E-state index in [1.807, 2.05) is 13.2 Å². The van der Waals surface area contributed by atoms with Crippen molar-refractivity contribution in [3.8, 4) is 0 Å². The summed E-state index contributed by atoms with van der Waals surface area (Å²) in [5.41, 5.74) is 2.31. The highest BCUT2D eigenvalue weighted by Crippen LogP contribution is 2.09. The molecule has 1 aromatic carbocycles. The molecule has 0 saturated heterocycles. The summed E-state index contributed by atoms with van der Waals surface area (Å²) in [7, 11) is 0. The zero-order chi connectivity index (χ0) is 15.1. The minimum absolute atomic E-state index is 0.228. The molecule has 0 fully saturated rings. The maximum absolute atomic E-state index is 13.0. The number of aromatic nitrogens is 3. The van der Waals surface area contributed by atoms with E-state index < -0.39 is 0 Å². The lowest BCUT2D eigenvalue weighted by Gasteiger charge is -2.02. The second-order valence-corrected chi connectivity index (χ2v) is 5.00. The van der Waals surface area contributed by atoms with Gasteiger partial charge in [-0.05, 0) is 30.9 Å². The Balaban J connectivity index is 1.85. The van der Waals surface area contributed by atoms with Gasteiger partial charge in [0.05, 0.1) is 11.4 Å². The molecule has 0 aliphatic rings. The van der Waals surface area contributed by atoms with E-state index in [9.17, 15) is 4.39 Å².